The fourth-order valence-electron chi connectivity index (χ4n) is 2.68. The van der Waals surface area contributed by atoms with Crippen LogP contribution in [0.25, 0.3) is 0 Å². The quantitative estimate of drug-likeness (QED) is 0.514. The van der Waals surface area contributed by atoms with Gasteiger partial charge in [0, 0.05) is 12.8 Å². The van der Waals surface area contributed by atoms with Crippen molar-refractivity contribution in [3.8, 4) is 0 Å². The molecule has 2 fully saturated rings. The molecule has 2 unspecified atom stereocenters. The molecule has 4 N–H and O–H groups in total. The second-order valence-electron chi connectivity index (χ2n) is 5.37. The van der Waals surface area contributed by atoms with Gasteiger partial charge in [-0.15, -0.1) is 0 Å². The van der Waals surface area contributed by atoms with E-state index < -0.39 is 19.7 Å². The van der Waals surface area contributed by atoms with Crippen LogP contribution in [-0.2, 0) is 19.7 Å². The smallest absolute Gasteiger partial charge is 0.156 e. The van der Waals surface area contributed by atoms with E-state index in [0.717, 1.165) is 25.9 Å². The standard InChI is InChI=1S/C10H20N2O4S2/c13-17(14)5-1-9(7-17)11-3-4-12-10-2-6-18(15,16)8-10/h9-12H,1-8H2/p+2. The van der Waals surface area contributed by atoms with Gasteiger partial charge in [-0.25, -0.2) is 16.8 Å². The minimum atomic E-state index is -2.78. The topological polar surface area (TPSA) is 102 Å². The van der Waals surface area contributed by atoms with Crippen LogP contribution in [0.1, 0.15) is 12.8 Å². The molecule has 8 heteroatoms. The average Bonchev–Trinajstić information content (AvgIpc) is 2.76. The van der Waals surface area contributed by atoms with Gasteiger partial charge < -0.3 is 10.6 Å². The molecule has 2 atom stereocenters. The zero-order chi connectivity index (χ0) is 13.2. The molecule has 0 saturated carbocycles. The van der Waals surface area contributed by atoms with Crippen LogP contribution in [0.5, 0.6) is 0 Å². The van der Waals surface area contributed by atoms with E-state index in [2.05, 4.69) is 10.6 Å². The fraction of sp³-hybridized carbons (Fsp3) is 1.00. The monoisotopic (exact) mass is 298 g/mol. The number of rotatable bonds is 5. The van der Waals surface area contributed by atoms with Crippen molar-refractivity contribution >= 4 is 19.7 Å². The van der Waals surface area contributed by atoms with E-state index in [1.165, 1.54) is 0 Å². The molecule has 2 rings (SSSR count). The predicted octanol–water partition coefficient (Wildman–Crippen LogP) is -3.51. The second-order valence-corrected chi connectivity index (χ2v) is 9.83. The summed E-state index contributed by atoms with van der Waals surface area (Å²) < 4.78 is 45.0. The summed E-state index contributed by atoms with van der Waals surface area (Å²) in [5, 5.41) is 4.18. The lowest BCUT2D eigenvalue weighted by Gasteiger charge is -2.09. The average molecular weight is 298 g/mol. The highest BCUT2D eigenvalue weighted by molar-refractivity contribution is 7.91. The molecule has 0 aromatic rings. The van der Waals surface area contributed by atoms with Gasteiger partial charge in [-0.3, -0.25) is 0 Å². The zero-order valence-corrected chi connectivity index (χ0v) is 12.0. The molecule has 0 radical (unpaired) electrons. The third-order valence-corrected chi connectivity index (χ3v) is 7.29. The van der Waals surface area contributed by atoms with Crippen LogP contribution in [-0.4, -0.2) is 65.0 Å². The minimum absolute atomic E-state index is 0.204. The number of nitrogens with two attached hydrogens (primary N) is 2. The molecule has 0 bridgehead atoms. The third kappa shape index (κ3) is 4.18. The first-order chi connectivity index (χ1) is 8.36. The highest BCUT2D eigenvalue weighted by Crippen LogP contribution is 2.08. The lowest BCUT2D eigenvalue weighted by molar-refractivity contribution is -0.750. The number of hydrogen-bond donors (Lipinski definition) is 2. The van der Waals surface area contributed by atoms with Crippen LogP contribution in [0.15, 0.2) is 0 Å². The summed E-state index contributed by atoms with van der Waals surface area (Å²) in [4.78, 5) is 0. The summed E-state index contributed by atoms with van der Waals surface area (Å²) in [6.45, 7) is 1.72. The summed E-state index contributed by atoms with van der Waals surface area (Å²) in [6.07, 6.45) is 1.50. The normalized spacial score (nSPS) is 33.8. The highest BCUT2D eigenvalue weighted by Gasteiger charge is 2.32. The van der Waals surface area contributed by atoms with Crippen LogP contribution in [0.3, 0.4) is 0 Å². The van der Waals surface area contributed by atoms with Gasteiger partial charge in [-0.05, 0) is 0 Å². The van der Waals surface area contributed by atoms with E-state index in [1.807, 2.05) is 0 Å². The molecular formula is C10H22N2O4S2+2. The number of sulfone groups is 2. The highest BCUT2D eigenvalue weighted by atomic mass is 32.2. The van der Waals surface area contributed by atoms with Gasteiger partial charge >= 0.3 is 0 Å². The molecule has 0 aromatic carbocycles. The Morgan fingerprint density at radius 1 is 0.778 bits per heavy atom. The van der Waals surface area contributed by atoms with Crippen LogP contribution in [0.4, 0.5) is 0 Å². The maximum absolute atomic E-state index is 11.3. The van der Waals surface area contributed by atoms with E-state index in [9.17, 15) is 16.8 Å². The van der Waals surface area contributed by atoms with Gasteiger partial charge in [0.1, 0.15) is 36.7 Å². The number of quaternary nitrogens is 2. The van der Waals surface area contributed by atoms with Gasteiger partial charge in [0.2, 0.25) is 0 Å². The van der Waals surface area contributed by atoms with Gasteiger partial charge in [0.05, 0.1) is 11.5 Å². The lowest BCUT2D eigenvalue weighted by Crippen LogP contribution is -3.00. The van der Waals surface area contributed by atoms with Crippen molar-refractivity contribution in [1.82, 2.24) is 0 Å². The van der Waals surface area contributed by atoms with E-state index in [-0.39, 0.29) is 12.1 Å². The molecule has 0 aliphatic carbocycles. The molecule has 18 heavy (non-hydrogen) atoms. The Morgan fingerprint density at radius 2 is 1.17 bits per heavy atom. The summed E-state index contributed by atoms with van der Waals surface area (Å²) in [7, 11) is -5.57. The van der Waals surface area contributed by atoms with Crippen molar-refractivity contribution in [2.75, 3.05) is 36.1 Å². The SMILES string of the molecule is O=S1(=O)CCC([NH2+]CC[NH2+]C2CCS(=O)(=O)C2)C1. The van der Waals surface area contributed by atoms with E-state index in [0.29, 0.717) is 23.0 Å². The molecule has 2 saturated heterocycles. The summed E-state index contributed by atoms with van der Waals surface area (Å²) >= 11 is 0. The predicted molar refractivity (Wildman–Crippen MR) is 67.7 cm³/mol. The first kappa shape index (κ1) is 14.2. The Kier molecular flexibility index (Phi) is 4.30. The Hall–Kier alpha value is -0.180. The largest absolute Gasteiger partial charge is 0.338 e. The molecule has 106 valence electrons. The summed E-state index contributed by atoms with van der Waals surface area (Å²) in [5.74, 6) is 1.23. The van der Waals surface area contributed by atoms with Crippen molar-refractivity contribution in [3.05, 3.63) is 0 Å². The Morgan fingerprint density at radius 3 is 1.44 bits per heavy atom. The molecule has 2 heterocycles. The first-order valence-corrected chi connectivity index (χ1v) is 10.1. The van der Waals surface area contributed by atoms with E-state index in [4.69, 9.17) is 0 Å². The second kappa shape index (κ2) is 5.44. The van der Waals surface area contributed by atoms with Crippen LogP contribution >= 0.6 is 0 Å². The maximum atomic E-state index is 11.3. The minimum Gasteiger partial charge on any atom is -0.338 e. The van der Waals surface area contributed by atoms with Crippen molar-refractivity contribution < 1.29 is 27.5 Å². The Labute approximate surface area is 108 Å². The molecule has 6 nitrogen and oxygen atoms in total. The molecule has 2 aliphatic rings. The van der Waals surface area contributed by atoms with Crippen molar-refractivity contribution in [2.24, 2.45) is 0 Å². The summed E-state index contributed by atoms with van der Waals surface area (Å²) in [5.41, 5.74) is 0. The van der Waals surface area contributed by atoms with Gasteiger partial charge in [0.25, 0.3) is 0 Å². The van der Waals surface area contributed by atoms with Gasteiger partial charge in [-0.2, -0.15) is 0 Å². The molecule has 0 spiro atoms. The lowest BCUT2D eigenvalue weighted by atomic mass is 10.2. The molecule has 0 amide bonds. The molecular weight excluding hydrogens is 276 g/mol. The number of hydrogen-bond acceptors (Lipinski definition) is 4. The molecule has 2 aliphatic heterocycles. The van der Waals surface area contributed by atoms with Gasteiger partial charge in [0.15, 0.2) is 19.7 Å². The summed E-state index contributed by atoms with van der Waals surface area (Å²) in [6, 6.07) is 0.409. The van der Waals surface area contributed by atoms with Crippen molar-refractivity contribution in [1.29, 1.82) is 0 Å². The van der Waals surface area contributed by atoms with Crippen molar-refractivity contribution in [2.45, 2.75) is 24.9 Å². The zero-order valence-electron chi connectivity index (χ0n) is 10.4. The van der Waals surface area contributed by atoms with E-state index in [1.54, 1.807) is 0 Å². The fourth-order valence-corrected chi connectivity index (χ4v) is 6.25. The Bertz CT molecular complexity index is 440. The van der Waals surface area contributed by atoms with Crippen LogP contribution < -0.4 is 10.6 Å². The van der Waals surface area contributed by atoms with E-state index >= 15 is 0 Å². The maximum Gasteiger partial charge on any atom is 0.156 e. The third-order valence-electron chi connectivity index (χ3n) is 3.70. The van der Waals surface area contributed by atoms with Crippen LogP contribution in [0.2, 0.25) is 0 Å². The van der Waals surface area contributed by atoms with Crippen molar-refractivity contribution in [3.63, 3.8) is 0 Å². The van der Waals surface area contributed by atoms with Gasteiger partial charge in [-0.1, -0.05) is 0 Å². The van der Waals surface area contributed by atoms with Crippen LogP contribution in [0, 0.1) is 0 Å². The first-order valence-electron chi connectivity index (χ1n) is 6.44. The Balaban J connectivity index is 1.60. The molecule has 0 aromatic heterocycles.